The van der Waals surface area contributed by atoms with Crippen LogP contribution < -0.4 is 10.9 Å². The second-order valence-electron chi connectivity index (χ2n) is 5.59. The van der Waals surface area contributed by atoms with Crippen LogP contribution >= 0.6 is 11.6 Å². The monoisotopic (exact) mass is 347 g/mol. The summed E-state index contributed by atoms with van der Waals surface area (Å²) < 4.78 is 6.16. The Morgan fingerprint density at radius 2 is 2.17 bits per heavy atom. The van der Waals surface area contributed by atoms with Gasteiger partial charge in [-0.1, -0.05) is 23.7 Å². The van der Waals surface area contributed by atoms with Crippen molar-refractivity contribution in [2.24, 2.45) is 0 Å². The number of benzene rings is 1. The zero-order chi connectivity index (χ0) is 17.1. The first-order valence-electron chi connectivity index (χ1n) is 7.84. The molecule has 0 radical (unpaired) electrons. The second kappa shape index (κ2) is 7.05. The highest BCUT2D eigenvalue weighted by molar-refractivity contribution is 6.30. The van der Waals surface area contributed by atoms with E-state index in [0.717, 1.165) is 17.7 Å². The van der Waals surface area contributed by atoms with E-state index in [1.165, 1.54) is 10.9 Å². The number of esters is 1. The first kappa shape index (κ1) is 16.5. The number of hydrogen-bond acceptors (Lipinski definition) is 5. The average molecular weight is 348 g/mol. The van der Waals surface area contributed by atoms with Crippen LogP contribution in [0.1, 0.15) is 30.6 Å². The van der Waals surface area contributed by atoms with Crippen LogP contribution in [-0.4, -0.2) is 22.1 Å². The number of fused-ring (bicyclic) bond motifs is 1. The molecule has 0 unspecified atom stereocenters. The van der Waals surface area contributed by atoms with Crippen molar-refractivity contribution in [3.8, 4) is 0 Å². The maximum atomic E-state index is 12.6. The van der Waals surface area contributed by atoms with Crippen LogP contribution in [0.15, 0.2) is 35.4 Å². The van der Waals surface area contributed by atoms with Gasteiger partial charge in [0.15, 0.2) is 0 Å². The van der Waals surface area contributed by atoms with Crippen molar-refractivity contribution < 1.29 is 9.53 Å². The summed E-state index contributed by atoms with van der Waals surface area (Å²) in [5.74, 6) is -0.452. The van der Waals surface area contributed by atoms with Crippen molar-refractivity contribution in [3.05, 3.63) is 57.2 Å². The molecular formula is C17H18ClN3O3. The molecule has 2 aromatic rings. The molecule has 0 aliphatic carbocycles. The first-order valence-corrected chi connectivity index (χ1v) is 8.22. The van der Waals surface area contributed by atoms with Gasteiger partial charge < -0.3 is 10.1 Å². The predicted octanol–water partition coefficient (Wildman–Crippen LogP) is 2.56. The quantitative estimate of drug-likeness (QED) is 0.860. The van der Waals surface area contributed by atoms with E-state index in [1.54, 1.807) is 6.92 Å². The SMILES string of the molecule is CCOC(=O)Cn1cnc2c(c1=O)N[C@H](c1ccc(Cl)cc1)CC2. The van der Waals surface area contributed by atoms with Crippen molar-refractivity contribution in [2.75, 3.05) is 11.9 Å². The maximum Gasteiger partial charge on any atom is 0.326 e. The second-order valence-corrected chi connectivity index (χ2v) is 6.03. The molecular weight excluding hydrogens is 330 g/mol. The normalized spacial score (nSPS) is 16.2. The molecule has 24 heavy (non-hydrogen) atoms. The largest absolute Gasteiger partial charge is 0.465 e. The van der Waals surface area contributed by atoms with Crippen molar-refractivity contribution >= 4 is 23.3 Å². The Morgan fingerprint density at radius 1 is 1.42 bits per heavy atom. The Balaban J connectivity index is 1.85. The number of aromatic nitrogens is 2. The summed E-state index contributed by atoms with van der Waals surface area (Å²) in [7, 11) is 0. The number of halogens is 1. The molecule has 0 amide bonds. The fourth-order valence-electron chi connectivity index (χ4n) is 2.79. The molecule has 0 bridgehead atoms. The zero-order valence-electron chi connectivity index (χ0n) is 13.3. The number of aryl methyl sites for hydroxylation is 1. The van der Waals surface area contributed by atoms with E-state index < -0.39 is 5.97 Å². The molecule has 0 spiro atoms. The summed E-state index contributed by atoms with van der Waals surface area (Å²) in [6.45, 7) is 1.87. The lowest BCUT2D eigenvalue weighted by Gasteiger charge is -2.26. The van der Waals surface area contributed by atoms with E-state index >= 15 is 0 Å². The number of carbonyl (C=O) groups is 1. The summed E-state index contributed by atoms with van der Waals surface area (Å²) >= 11 is 5.92. The van der Waals surface area contributed by atoms with Gasteiger partial charge in [0.2, 0.25) is 0 Å². The molecule has 1 aromatic carbocycles. The molecule has 0 saturated carbocycles. The van der Waals surface area contributed by atoms with E-state index in [0.29, 0.717) is 17.1 Å². The molecule has 0 saturated heterocycles. The Kier molecular flexibility index (Phi) is 4.85. The zero-order valence-corrected chi connectivity index (χ0v) is 14.0. The van der Waals surface area contributed by atoms with Gasteiger partial charge in [0.05, 0.1) is 24.7 Å². The van der Waals surface area contributed by atoms with Crippen molar-refractivity contribution in [1.29, 1.82) is 0 Å². The van der Waals surface area contributed by atoms with Crippen molar-refractivity contribution in [3.63, 3.8) is 0 Å². The van der Waals surface area contributed by atoms with E-state index in [2.05, 4.69) is 10.3 Å². The van der Waals surface area contributed by atoms with Crippen LogP contribution in [0, 0.1) is 0 Å². The number of nitrogens with zero attached hydrogens (tertiary/aromatic N) is 2. The minimum Gasteiger partial charge on any atom is -0.465 e. The third kappa shape index (κ3) is 3.43. The summed E-state index contributed by atoms with van der Waals surface area (Å²) in [5, 5.41) is 3.93. The molecule has 126 valence electrons. The molecule has 1 aliphatic rings. The Bertz CT molecular complexity index is 802. The van der Waals surface area contributed by atoms with Gasteiger partial charge >= 0.3 is 5.97 Å². The van der Waals surface area contributed by atoms with Gasteiger partial charge in [0.25, 0.3) is 5.56 Å². The fourth-order valence-corrected chi connectivity index (χ4v) is 2.91. The first-order chi connectivity index (χ1) is 11.6. The summed E-state index contributed by atoms with van der Waals surface area (Å²) in [6.07, 6.45) is 2.94. The number of anilines is 1. The van der Waals surface area contributed by atoms with Crippen molar-refractivity contribution in [1.82, 2.24) is 9.55 Å². The van der Waals surface area contributed by atoms with Crippen LogP contribution in [0.2, 0.25) is 5.02 Å². The molecule has 0 fully saturated rings. The lowest BCUT2D eigenvalue weighted by atomic mass is 9.96. The van der Waals surface area contributed by atoms with Crippen LogP contribution in [0.5, 0.6) is 0 Å². The number of hydrogen-bond donors (Lipinski definition) is 1. The minimum absolute atomic E-state index is 0.0164. The summed E-state index contributed by atoms with van der Waals surface area (Å²) in [6, 6.07) is 7.56. The van der Waals surface area contributed by atoms with Gasteiger partial charge in [-0.2, -0.15) is 0 Å². The van der Waals surface area contributed by atoms with Gasteiger partial charge in [-0.3, -0.25) is 14.2 Å². The van der Waals surface area contributed by atoms with Gasteiger partial charge in [-0.25, -0.2) is 4.98 Å². The predicted molar refractivity (Wildman–Crippen MR) is 91.3 cm³/mol. The highest BCUT2D eigenvalue weighted by Crippen LogP contribution is 2.29. The summed E-state index contributed by atoms with van der Waals surface area (Å²) in [5.41, 5.74) is 1.98. The van der Waals surface area contributed by atoms with Crippen LogP contribution in [0.4, 0.5) is 5.69 Å². The topological polar surface area (TPSA) is 73.2 Å². The number of ether oxygens (including phenoxy) is 1. The highest BCUT2D eigenvalue weighted by Gasteiger charge is 2.23. The average Bonchev–Trinajstić information content (AvgIpc) is 2.58. The smallest absolute Gasteiger partial charge is 0.326 e. The molecule has 6 nitrogen and oxygen atoms in total. The summed E-state index contributed by atoms with van der Waals surface area (Å²) in [4.78, 5) is 28.5. The third-order valence-corrected chi connectivity index (χ3v) is 4.23. The van der Waals surface area contributed by atoms with Gasteiger partial charge in [0.1, 0.15) is 12.2 Å². The van der Waals surface area contributed by atoms with Crippen LogP contribution in [-0.2, 0) is 22.5 Å². The lowest BCUT2D eigenvalue weighted by molar-refractivity contribution is -0.143. The van der Waals surface area contributed by atoms with Crippen LogP contribution in [0.3, 0.4) is 0 Å². The Hall–Kier alpha value is -2.34. The van der Waals surface area contributed by atoms with Gasteiger partial charge in [-0.05, 0) is 37.5 Å². The highest BCUT2D eigenvalue weighted by atomic mass is 35.5. The number of nitrogens with one attached hydrogen (secondary N) is 1. The molecule has 3 rings (SSSR count). The van der Waals surface area contributed by atoms with E-state index in [4.69, 9.17) is 16.3 Å². The van der Waals surface area contributed by atoms with Gasteiger partial charge in [-0.15, -0.1) is 0 Å². The molecule has 1 atom stereocenters. The number of carbonyl (C=O) groups excluding carboxylic acids is 1. The molecule has 2 heterocycles. The third-order valence-electron chi connectivity index (χ3n) is 3.98. The minimum atomic E-state index is -0.452. The Morgan fingerprint density at radius 3 is 2.88 bits per heavy atom. The van der Waals surface area contributed by atoms with E-state index in [-0.39, 0.29) is 24.8 Å². The van der Waals surface area contributed by atoms with E-state index in [1.807, 2.05) is 24.3 Å². The van der Waals surface area contributed by atoms with Gasteiger partial charge in [0, 0.05) is 5.02 Å². The maximum absolute atomic E-state index is 12.6. The van der Waals surface area contributed by atoms with Crippen molar-refractivity contribution in [2.45, 2.75) is 32.4 Å². The lowest BCUT2D eigenvalue weighted by Crippen LogP contribution is -2.32. The Labute approximate surface area is 144 Å². The molecule has 1 aliphatic heterocycles. The molecule has 1 aromatic heterocycles. The van der Waals surface area contributed by atoms with Crippen LogP contribution in [0.25, 0.3) is 0 Å². The molecule has 7 heteroatoms. The van der Waals surface area contributed by atoms with E-state index in [9.17, 15) is 9.59 Å². The molecule has 1 N–H and O–H groups in total. The number of rotatable bonds is 4. The fraction of sp³-hybridized carbons (Fsp3) is 0.353. The standard InChI is InChI=1S/C17H18ClN3O3/c1-2-24-15(22)9-21-10-19-14-8-7-13(20-16(14)17(21)23)11-3-5-12(18)6-4-11/h3-6,10,13,20H,2,7-9H2,1H3/t13-/m0/s1.